The molecule has 0 aliphatic carbocycles. The van der Waals surface area contributed by atoms with E-state index in [4.69, 9.17) is 0 Å². The standard InChI is InChI=1S/C20H30N4O.HI/c1-20(2)10-12-24(15-20)19(21-3)22-13-16-6-8-17(9-7-16)14-23-11-4-5-18(23)25;/h6-9H,4-5,10-15H2,1-3H3,(H,21,22);1H. The van der Waals surface area contributed by atoms with Gasteiger partial charge in [-0.2, -0.15) is 0 Å². The number of nitrogens with zero attached hydrogens (tertiary/aromatic N) is 3. The van der Waals surface area contributed by atoms with Gasteiger partial charge in [0.15, 0.2) is 5.96 Å². The number of carbonyl (C=O) groups is 1. The first-order valence-electron chi connectivity index (χ1n) is 9.28. The lowest BCUT2D eigenvalue weighted by molar-refractivity contribution is -0.128. The topological polar surface area (TPSA) is 47.9 Å². The minimum Gasteiger partial charge on any atom is -0.352 e. The fraction of sp³-hybridized carbons (Fsp3) is 0.600. The Morgan fingerprint density at radius 2 is 1.88 bits per heavy atom. The summed E-state index contributed by atoms with van der Waals surface area (Å²) in [6, 6.07) is 8.54. The molecule has 26 heavy (non-hydrogen) atoms. The molecular weight excluding hydrogens is 439 g/mol. The maximum Gasteiger partial charge on any atom is 0.222 e. The molecule has 0 atom stereocenters. The molecule has 0 bridgehead atoms. The van der Waals surface area contributed by atoms with Crippen molar-refractivity contribution in [3.8, 4) is 0 Å². The summed E-state index contributed by atoms with van der Waals surface area (Å²) in [4.78, 5) is 20.4. The molecule has 1 aromatic carbocycles. The molecule has 144 valence electrons. The molecule has 2 fully saturated rings. The molecule has 1 amide bonds. The molecule has 6 heteroatoms. The summed E-state index contributed by atoms with van der Waals surface area (Å²) in [5, 5.41) is 3.48. The Hall–Kier alpha value is -1.31. The maximum absolute atomic E-state index is 11.7. The highest BCUT2D eigenvalue weighted by Crippen LogP contribution is 2.28. The molecule has 2 aliphatic rings. The zero-order valence-electron chi connectivity index (χ0n) is 16.1. The van der Waals surface area contributed by atoms with Crippen molar-refractivity contribution in [3.05, 3.63) is 35.4 Å². The van der Waals surface area contributed by atoms with E-state index in [1.54, 1.807) is 0 Å². The van der Waals surface area contributed by atoms with Gasteiger partial charge in [0.2, 0.25) is 5.91 Å². The first-order chi connectivity index (χ1) is 12.0. The molecule has 2 saturated heterocycles. The Balaban J connectivity index is 0.00000243. The largest absolute Gasteiger partial charge is 0.352 e. The van der Waals surface area contributed by atoms with E-state index >= 15 is 0 Å². The maximum atomic E-state index is 11.7. The number of likely N-dealkylation sites (tertiary alicyclic amines) is 2. The lowest BCUT2D eigenvalue weighted by Crippen LogP contribution is -2.40. The van der Waals surface area contributed by atoms with Crippen molar-refractivity contribution in [1.29, 1.82) is 0 Å². The van der Waals surface area contributed by atoms with Gasteiger partial charge in [-0.05, 0) is 29.4 Å². The van der Waals surface area contributed by atoms with Crippen molar-refractivity contribution in [2.45, 2.75) is 46.2 Å². The zero-order valence-corrected chi connectivity index (χ0v) is 18.5. The van der Waals surface area contributed by atoms with E-state index in [2.05, 4.69) is 53.3 Å². The van der Waals surface area contributed by atoms with E-state index in [9.17, 15) is 4.79 Å². The normalized spacial score (nSPS) is 19.7. The van der Waals surface area contributed by atoms with Crippen molar-refractivity contribution in [2.24, 2.45) is 10.4 Å². The van der Waals surface area contributed by atoms with Crippen LogP contribution in [0.5, 0.6) is 0 Å². The Labute approximate surface area is 174 Å². The van der Waals surface area contributed by atoms with E-state index < -0.39 is 0 Å². The molecule has 2 heterocycles. The number of halogens is 1. The fourth-order valence-corrected chi connectivity index (χ4v) is 3.66. The van der Waals surface area contributed by atoms with Crippen LogP contribution in [0.25, 0.3) is 0 Å². The summed E-state index contributed by atoms with van der Waals surface area (Å²) in [5.74, 6) is 1.26. The van der Waals surface area contributed by atoms with Crippen molar-refractivity contribution in [2.75, 3.05) is 26.7 Å². The number of benzene rings is 1. The zero-order chi connectivity index (χ0) is 17.9. The molecule has 5 nitrogen and oxygen atoms in total. The number of carbonyl (C=O) groups excluding carboxylic acids is 1. The van der Waals surface area contributed by atoms with E-state index in [0.29, 0.717) is 11.8 Å². The summed E-state index contributed by atoms with van der Waals surface area (Å²) in [6.07, 6.45) is 2.90. The second-order valence-corrected chi connectivity index (χ2v) is 7.97. The second-order valence-electron chi connectivity index (χ2n) is 7.97. The Morgan fingerprint density at radius 3 is 2.42 bits per heavy atom. The van der Waals surface area contributed by atoms with Crippen molar-refractivity contribution in [1.82, 2.24) is 15.1 Å². The highest BCUT2D eigenvalue weighted by atomic mass is 127. The van der Waals surface area contributed by atoms with E-state index in [1.165, 1.54) is 17.5 Å². The first-order valence-corrected chi connectivity index (χ1v) is 9.28. The van der Waals surface area contributed by atoms with Gasteiger partial charge in [0.05, 0.1) is 0 Å². The average Bonchev–Trinajstić information content (AvgIpc) is 3.15. The minimum atomic E-state index is 0. The van der Waals surface area contributed by atoms with E-state index in [-0.39, 0.29) is 29.9 Å². The van der Waals surface area contributed by atoms with Gasteiger partial charge < -0.3 is 15.1 Å². The molecular formula is C20H31IN4O. The third-order valence-electron chi connectivity index (χ3n) is 5.21. The number of amides is 1. The molecule has 3 rings (SSSR count). The third kappa shape index (κ3) is 5.34. The fourth-order valence-electron chi connectivity index (χ4n) is 3.66. The molecule has 1 aromatic rings. The third-order valence-corrected chi connectivity index (χ3v) is 5.21. The van der Waals surface area contributed by atoms with Gasteiger partial charge in [-0.1, -0.05) is 38.1 Å². The molecule has 0 radical (unpaired) electrons. The van der Waals surface area contributed by atoms with Crippen LogP contribution in [-0.2, 0) is 17.9 Å². The second kappa shape index (κ2) is 9.06. The summed E-state index contributed by atoms with van der Waals surface area (Å²) in [7, 11) is 1.85. The molecule has 0 unspecified atom stereocenters. The van der Waals surface area contributed by atoms with Gasteiger partial charge in [0.25, 0.3) is 0 Å². The van der Waals surface area contributed by atoms with Gasteiger partial charge >= 0.3 is 0 Å². The molecule has 2 aliphatic heterocycles. The minimum absolute atomic E-state index is 0. The summed E-state index contributed by atoms with van der Waals surface area (Å²) < 4.78 is 0. The van der Waals surface area contributed by atoms with Crippen LogP contribution < -0.4 is 5.32 Å². The predicted molar refractivity (Wildman–Crippen MR) is 117 cm³/mol. The van der Waals surface area contributed by atoms with Gasteiger partial charge in [-0.3, -0.25) is 9.79 Å². The molecule has 0 aromatic heterocycles. The van der Waals surface area contributed by atoms with Crippen molar-refractivity contribution in [3.63, 3.8) is 0 Å². The van der Waals surface area contributed by atoms with Crippen molar-refractivity contribution < 1.29 is 4.79 Å². The monoisotopic (exact) mass is 470 g/mol. The van der Waals surface area contributed by atoms with Gasteiger partial charge in [-0.25, -0.2) is 0 Å². The molecule has 1 N–H and O–H groups in total. The van der Waals surface area contributed by atoms with Crippen LogP contribution in [0.3, 0.4) is 0 Å². The number of hydrogen-bond donors (Lipinski definition) is 1. The van der Waals surface area contributed by atoms with Crippen LogP contribution in [0.4, 0.5) is 0 Å². The van der Waals surface area contributed by atoms with Crippen LogP contribution in [0.2, 0.25) is 0 Å². The lowest BCUT2D eigenvalue weighted by atomic mass is 9.93. The van der Waals surface area contributed by atoms with Crippen LogP contribution in [0.15, 0.2) is 29.3 Å². The summed E-state index contributed by atoms with van der Waals surface area (Å²) >= 11 is 0. The Bertz CT molecular complexity index is 642. The lowest BCUT2D eigenvalue weighted by Gasteiger charge is -2.23. The highest BCUT2D eigenvalue weighted by molar-refractivity contribution is 14.0. The van der Waals surface area contributed by atoms with Crippen LogP contribution >= 0.6 is 24.0 Å². The van der Waals surface area contributed by atoms with Crippen LogP contribution in [0.1, 0.15) is 44.2 Å². The van der Waals surface area contributed by atoms with E-state index in [0.717, 1.165) is 45.1 Å². The highest BCUT2D eigenvalue weighted by Gasteiger charge is 2.30. The molecule has 0 saturated carbocycles. The summed E-state index contributed by atoms with van der Waals surface area (Å²) in [6.45, 7) is 9.13. The number of guanidine groups is 1. The quantitative estimate of drug-likeness (QED) is 0.418. The number of nitrogens with one attached hydrogen (secondary N) is 1. The number of rotatable bonds is 4. The Morgan fingerprint density at radius 1 is 1.19 bits per heavy atom. The number of hydrogen-bond acceptors (Lipinski definition) is 2. The molecule has 0 spiro atoms. The van der Waals surface area contributed by atoms with Gasteiger partial charge in [-0.15, -0.1) is 24.0 Å². The number of aliphatic imine (C=N–C) groups is 1. The smallest absolute Gasteiger partial charge is 0.222 e. The average molecular weight is 470 g/mol. The van der Waals surface area contributed by atoms with Crippen molar-refractivity contribution >= 4 is 35.8 Å². The van der Waals surface area contributed by atoms with Crippen LogP contribution in [-0.4, -0.2) is 48.3 Å². The first kappa shape index (κ1) is 21.0. The van der Waals surface area contributed by atoms with E-state index in [1.807, 2.05) is 11.9 Å². The van der Waals surface area contributed by atoms with Gasteiger partial charge in [0.1, 0.15) is 0 Å². The SMILES string of the molecule is CN=C(NCc1ccc(CN2CCCC2=O)cc1)N1CCC(C)(C)C1.I. The predicted octanol–water partition coefficient (Wildman–Crippen LogP) is 3.23. The summed E-state index contributed by atoms with van der Waals surface area (Å²) in [5.41, 5.74) is 2.80. The van der Waals surface area contributed by atoms with Crippen LogP contribution in [0, 0.1) is 5.41 Å². The van der Waals surface area contributed by atoms with Gasteiger partial charge in [0, 0.05) is 46.2 Å². The Kier molecular flexibility index (Phi) is 7.32.